The molecule has 3 N–H and O–H groups in total. The molecule has 0 aliphatic carbocycles. The van der Waals surface area contributed by atoms with Crippen molar-refractivity contribution in [2.75, 3.05) is 25.6 Å². The van der Waals surface area contributed by atoms with Gasteiger partial charge in [-0.15, -0.1) is 11.3 Å². The van der Waals surface area contributed by atoms with Gasteiger partial charge < -0.3 is 10.1 Å². The molecule has 5 rings (SSSR count). The van der Waals surface area contributed by atoms with E-state index in [9.17, 15) is 13.2 Å². The Bertz CT molecular complexity index is 1780. The van der Waals surface area contributed by atoms with Crippen LogP contribution in [0.25, 0.3) is 16.9 Å². The molecule has 1 amide bonds. The number of rotatable bonds is 10. The van der Waals surface area contributed by atoms with Gasteiger partial charge in [-0.2, -0.15) is 5.10 Å². The Morgan fingerprint density at radius 1 is 1.12 bits per heavy atom. The number of carbonyl (C=O) groups excluding carboxylic acids is 1. The van der Waals surface area contributed by atoms with E-state index in [4.69, 9.17) is 15.6 Å². The van der Waals surface area contributed by atoms with Gasteiger partial charge in [-0.1, -0.05) is 30.3 Å². The second-order valence-electron chi connectivity index (χ2n) is 9.28. The number of sulfonamides is 1. The lowest BCUT2D eigenvalue weighted by molar-refractivity contribution is 0.140. The van der Waals surface area contributed by atoms with E-state index >= 15 is 0 Å². The van der Waals surface area contributed by atoms with Crippen molar-refractivity contribution < 1.29 is 17.9 Å². The van der Waals surface area contributed by atoms with E-state index in [2.05, 4.69) is 15.4 Å². The third-order valence-corrected chi connectivity index (χ3v) is 9.52. The van der Waals surface area contributed by atoms with Crippen molar-refractivity contribution in [3.05, 3.63) is 78.5 Å². The number of amides is 1. The summed E-state index contributed by atoms with van der Waals surface area (Å²) in [5, 5.41) is 8.79. The molecule has 5 aromatic rings. The first kappa shape index (κ1) is 28.2. The second-order valence-corrected chi connectivity index (χ2v) is 12.7. The van der Waals surface area contributed by atoms with Crippen LogP contribution in [0, 0.1) is 0 Å². The van der Waals surface area contributed by atoms with Crippen LogP contribution >= 0.6 is 11.3 Å². The van der Waals surface area contributed by atoms with E-state index in [0.717, 1.165) is 32.5 Å². The van der Waals surface area contributed by atoms with Crippen molar-refractivity contribution in [2.45, 2.75) is 17.2 Å². The first-order chi connectivity index (χ1) is 19.6. The number of benzene rings is 1. The zero-order chi connectivity index (χ0) is 29.1. The Morgan fingerprint density at radius 3 is 2.61 bits per heavy atom. The number of imidazole rings is 1. The molecular weight excluding hydrogens is 566 g/mol. The van der Waals surface area contributed by atoms with Crippen LogP contribution in [0.4, 0.5) is 15.6 Å². The molecule has 0 radical (unpaired) electrons. The molecule has 0 saturated heterocycles. The fourth-order valence-electron chi connectivity index (χ4n) is 4.00. The van der Waals surface area contributed by atoms with Crippen LogP contribution in [0.1, 0.15) is 11.3 Å². The number of fused-ring (bicyclic) bond motifs is 1. The minimum absolute atomic E-state index is 0.151. The van der Waals surface area contributed by atoms with E-state index in [1.807, 2.05) is 54.2 Å². The number of nitrogens with one attached hydrogen (secondary N) is 1. The zero-order valence-corrected chi connectivity index (χ0v) is 24.3. The van der Waals surface area contributed by atoms with E-state index in [1.165, 1.54) is 25.2 Å². The summed E-state index contributed by atoms with van der Waals surface area (Å²) in [5.41, 5.74) is 3.58. The smallest absolute Gasteiger partial charge is 0.407 e. The quantitative estimate of drug-likeness (QED) is 0.183. The van der Waals surface area contributed by atoms with Gasteiger partial charge in [0.1, 0.15) is 15.8 Å². The maximum atomic E-state index is 12.6. The van der Waals surface area contributed by atoms with E-state index in [-0.39, 0.29) is 17.4 Å². The molecule has 0 aliphatic heterocycles. The Labute approximate surface area is 240 Å². The third kappa shape index (κ3) is 6.07. The average molecular weight is 596 g/mol. The normalized spacial score (nSPS) is 11.7. The Hall–Kier alpha value is -4.31. The Kier molecular flexibility index (Phi) is 8.03. The van der Waals surface area contributed by atoms with E-state index in [1.54, 1.807) is 23.1 Å². The first-order valence-corrected chi connectivity index (χ1v) is 14.8. The number of nitrogens with zero attached hydrogens (tertiary/aromatic N) is 7. The molecule has 15 heteroatoms. The number of anilines is 2. The van der Waals surface area contributed by atoms with Crippen LogP contribution in [-0.2, 0) is 34.8 Å². The number of aromatic nitrogens is 5. The molecule has 0 spiro atoms. The van der Waals surface area contributed by atoms with Crippen molar-refractivity contribution in [3.63, 3.8) is 0 Å². The van der Waals surface area contributed by atoms with Gasteiger partial charge in [-0.05, 0) is 17.7 Å². The van der Waals surface area contributed by atoms with Crippen molar-refractivity contribution in [1.82, 2.24) is 33.8 Å². The van der Waals surface area contributed by atoms with Gasteiger partial charge in [-0.25, -0.2) is 38.3 Å². The van der Waals surface area contributed by atoms with Gasteiger partial charge in [0.05, 0.1) is 23.8 Å². The van der Waals surface area contributed by atoms with Crippen LogP contribution in [0.15, 0.2) is 71.5 Å². The molecule has 0 bridgehead atoms. The number of ether oxygens (including phenoxy) is 1. The summed E-state index contributed by atoms with van der Waals surface area (Å²) in [6.07, 6.45) is 6.95. The molecule has 1 aromatic carbocycles. The molecule has 214 valence electrons. The number of alkyl carbamates (subject to hydrolysis) is 1. The standard InChI is InChI=1S/C26H29N9O4S2/c1-32(2)41(37,38)23-10-9-22(40-23)35(27)25-24-29-14-21(19-13-30-33(3)15-19)34(24)16-20(31-25)11-12-28-26(36)39-17-18-7-5-4-6-8-18/h4-10,13-16H,11-12,17,27H2,1-3H3,(H,28,36). The molecule has 4 heterocycles. The van der Waals surface area contributed by atoms with Gasteiger partial charge in [0, 0.05) is 52.1 Å². The number of hydrogen-bond acceptors (Lipinski definition) is 10. The number of thiophene rings is 1. The minimum atomic E-state index is -3.63. The summed E-state index contributed by atoms with van der Waals surface area (Å²) < 4.78 is 35.4. The topological polar surface area (TPSA) is 153 Å². The molecule has 0 fully saturated rings. The van der Waals surface area contributed by atoms with Crippen molar-refractivity contribution in [1.29, 1.82) is 0 Å². The van der Waals surface area contributed by atoms with Crippen LogP contribution in [-0.4, -0.2) is 63.6 Å². The maximum Gasteiger partial charge on any atom is 0.407 e. The fraction of sp³-hybridized carbons (Fsp3) is 0.231. The van der Waals surface area contributed by atoms with E-state index < -0.39 is 16.1 Å². The summed E-state index contributed by atoms with van der Waals surface area (Å²) in [5.74, 6) is 6.84. The highest BCUT2D eigenvalue weighted by Gasteiger charge is 2.23. The van der Waals surface area contributed by atoms with Crippen LogP contribution in [0.3, 0.4) is 0 Å². The Balaban J connectivity index is 1.41. The number of hydrazine groups is 1. The molecule has 0 aliphatic rings. The largest absolute Gasteiger partial charge is 0.445 e. The molecule has 0 saturated carbocycles. The first-order valence-electron chi connectivity index (χ1n) is 12.5. The van der Waals surface area contributed by atoms with Gasteiger partial charge in [0.15, 0.2) is 11.5 Å². The van der Waals surface area contributed by atoms with E-state index in [0.29, 0.717) is 28.6 Å². The van der Waals surface area contributed by atoms with Gasteiger partial charge >= 0.3 is 6.09 Å². The lowest BCUT2D eigenvalue weighted by atomic mass is 10.2. The van der Waals surface area contributed by atoms with Crippen molar-refractivity contribution in [2.24, 2.45) is 12.9 Å². The lowest BCUT2D eigenvalue weighted by Gasteiger charge is -2.18. The number of hydrogen-bond donors (Lipinski definition) is 2. The molecule has 4 aromatic heterocycles. The predicted octanol–water partition coefficient (Wildman–Crippen LogP) is 2.92. The van der Waals surface area contributed by atoms with Crippen molar-refractivity contribution in [3.8, 4) is 11.3 Å². The summed E-state index contributed by atoms with van der Waals surface area (Å²) >= 11 is 1.02. The summed E-state index contributed by atoms with van der Waals surface area (Å²) in [4.78, 5) is 21.6. The molecular formula is C26H29N9O4S2. The predicted molar refractivity (Wildman–Crippen MR) is 155 cm³/mol. The monoisotopic (exact) mass is 595 g/mol. The zero-order valence-electron chi connectivity index (χ0n) is 22.6. The lowest BCUT2D eigenvalue weighted by Crippen LogP contribution is -2.28. The van der Waals surface area contributed by atoms with Gasteiger partial charge in [0.2, 0.25) is 0 Å². The highest BCUT2D eigenvalue weighted by atomic mass is 32.2. The number of aryl methyl sites for hydroxylation is 1. The summed E-state index contributed by atoms with van der Waals surface area (Å²) in [6.45, 7) is 0.427. The summed E-state index contributed by atoms with van der Waals surface area (Å²) in [7, 11) is 1.14. The average Bonchev–Trinajstić information content (AvgIpc) is 3.71. The number of carbonyl (C=O) groups is 1. The van der Waals surface area contributed by atoms with Gasteiger partial charge in [-0.3, -0.25) is 9.08 Å². The number of nitrogens with two attached hydrogens (primary N) is 1. The molecule has 0 unspecified atom stereocenters. The molecule has 41 heavy (non-hydrogen) atoms. The summed E-state index contributed by atoms with van der Waals surface area (Å²) in [6, 6.07) is 12.5. The maximum absolute atomic E-state index is 12.6. The highest BCUT2D eigenvalue weighted by molar-refractivity contribution is 7.91. The van der Waals surface area contributed by atoms with Crippen LogP contribution in [0.5, 0.6) is 0 Å². The fourth-order valence-corrected chi connectivity index (χ4v) is 6.39. The second kappa shape index (κ2) is 11.7. The third-order valence-electron chi connectivity index (χ3n) is 6.16. The van der Waals surface area contributed by atoms with Gasteiger partial charge in [0.25, 0.3) is 10.0 Å². The molecule has 0 atom stereocenters. The molecule has 13 nitrogen and oxygen atoms in total. The minimum Gasteiger partial charge on any atom is -0.445 e. The highest BCUT2D eigenvalue weighted by Crippen LogP contribution is 2.34. The Morgan fingerprint density at radius 2 is 1.90 bits per heavy atom. The van der Waals surface area contributed by atoms with Crippen LogP contribution < -0.4 is 16.2 Å². The van der Waals surface area contributed by atoms with Crippen LogP contribution in [0.2, 0.25) is 0 Å². The SMILES string of the molecule is CN(C)S(=O)(=O)c1ccc(N(N)c2nc(CCNC(=O)OCc3ccccc3)cn3c(-c4cnn(C)c4)cnc23)s1. The van der Waals surface area contributed by atoms with Crippen molar-refractivity contribution >= 4 is 43.9 Å².